The molecule has 0 saturated heterocycles. The highest BCUT2D eigenvalue weighted by Crippen LogP contribution is 2.34. The fraction of sp³-hybridized carbons (Fsp3) is 0.200. The molecule has 2 aliphatic rings. The molecule has 0 saturated carbocycles. The molecule has 1 aromatic heterocycles. The first kappa shape index (κ1) is 15.0. The molecule has 5 rings (SSSR count). The Morgan fingerprint density at radius 2 is 1.46 bits per heavy atom. The molecular weight excluding hydrogens is 328 g/mol. The molecule has 0 fully saturated rings. The van der Waals surface area contributed by atoms with Crippen LogP contribution in [0.5, 0.6) is 5.75 Å². The van der Waals surface area contributed by atoms with Crippen molar-refractivity contribution in [3.05, 3.63) is 53.6 Å². The lowest BCUT2D eigenvalue weighted by atomic mass is 10.1. The zero-order chi connectivity index (χ0) is 17.5. The number of rotatable bonds is 3. The van der Waals surface area contributed by atoms with Gasteiger partial charge in [0.05, 0.1) is 13.1 Å². The van der Waals surface area contributed by atoms with Crippen molar-refractivity contribution in [3.8, 4) is 17.1 Å². The summed E-state index contributed by atoms with van der Waals surface area (Å²) in [6.07, 6.45) is 0. The van der Waals surface area contributed by atoms with E-state index in [2.05, 4.69) is 20.6 Å². The van der Waals surface area contributed by atoms with Crippen molar-refractivity contribution in [2.45, 2.75) is 0 Å². The Kier molecular flexibility index (Phi) is 3.41. The SMILES string of the molecule is Oc1cc(C2=NCCN2)cc2cc(-c3ccc(C4=NCCN4)cc3)oc12. The maximum Gasteiger partial charge on any atom is 0.176 e. The lowest BCUT2D eigenvalue weighted by molar-refractivity contribution is 0.466. The van der Waals surface area contributed by atoms with E-state index in [9.17, 15) is 5.11 Å². The van der Waals surface area contributed by atoms with Gasteiger partial charge in [0.15, 0.2) is 11.3 Å². The van der Waals surface area contributed by atoms with Crippen LogP contribution in [0.3, 0.4) is 0 Å². The third-order valence-electron chi connectivity index (χ3n) is 4.66. The van der Waals surface area contributed by atoms with E-state index in [1.165, 1.54) is 0 Å². The van der Waals surface area contributed by atoms with Crippen LogP contribution in [0.15, 0.2) is 56.9 Å². The first-order chi connectivity index (χ1) is 12.8. The average molecular weight is 346 g/mol. The molecule has 2 aliphatic heterocycles. The zero-order valence-corrected chi connectivity index (χ0v) is 14.1. The number of aliphatic imine (C=N–C) groups is 2. The molecule has 0 atom stereocenters. The number of benzene rings is 2. The fourth-order valence-electron chi connectivity index (χ4n) is 3.39. The fourth-order valence-corrected chi connectivity index (χ4v) is 3.39. The second kappa shape index (κ2) is 5.91. The molecule has 3 aromatic rings. The number of amidine groups is 2. The first-order valence-corrected chi connectivity index (χ1v) is 8.72. The lowest BCUT2D eigenvalue weighted by Crippen LogP contribution is -2.19. The number of aromatic hydroxyl groups is 1. The Bertz CT molecular complexity index is 1050. The van der Waals surface area contributed by atoms with Crippen molar-refractivity contribution < 1.29 is 9.52 Å². The number of nitrogens with zero attached hydrogens (tertiary/aromatic N) is 2. The van der Waals surface area contributed by atoms with Crippen LogP contribution in [-0.4, -0.2) is 43.0 Å². The molecule has 2 aromatic carbocycles. The van der Waals surface area contributed by atoms with Crippen LogP contribution in [-0.2, 0) is 0 Å². The average Bonchev–Trinajstić information content (AvgIpc) is 3.42. The smallest absolute Gasteiger partial charge is 0.176 e. The summed E-state index contributed by atoms with van der Waals surface area (Å²) in [6.45, 7) is 3.30. The van der Waals surface area contributed by atoms with Gasteiger partial charge in [-0.05, 0) is 18.2 Å². The molecule has 3 heterocycles. The Hall–Kier alpha value is -3.28. The summed E-state index contributed by atoms with van der Waals surface area (Å²) in [5.74, 6) is 2.61. The topological polar surface area (TPSA) is 82.2 Å². The summed E-state index contributed by atoms with van der Waals surface area (Å²) in [7, 11) is 0. The molecule has 26 heavy (non-hydrogen) atoms. The van der Waals surface area contributed by atoms with E-state index in [4.69, 9.17) is 4.42 Å². The van der Waals surface area contributed by atoms with E-state index in [1.54, 1.807) is 6.07 Å². The Morgan fingerprint density at radius 3 is 2.12 bits per heavy atom. The molecule has 0 aliphatic carbocycles. The minimum absolute atomic E-state index is 0.126. The number of fused-ring (bicyclic) bond motifs is 1. The number of hydrogen-bond acceptors (Lipinski definition) is 6. The monoisotopic (exact) mass is 346 g/mol. The highest BCUT2D eigenvalue weighted by molar-refractivity contribution is 6.04. The summed E-state index contributed by atoms with van der Waals surface area (Å²) >= 11 is 0. The number of phenolic OH excluding ortho intramolecular Hbond substituents is 1. The van der Waals surface area contributed by atoms with Crippen LogP contribution in [0.25, 0.3) is 22.3 Å². The third kappa shape index (κ3) is 2.50. The van der Waals surface area contributed by atoms with Crippen LogP contribution in [0.1, 0.15) is 11.1 Å². The lowest BCUT2D eigenvalue weighted by Gasteiger charge is -2.03. The Labute approximate surface area is 150 Å². The van der Waals surface area contributed by atoms with Crippen molar-refractivity contribution >= 4 is 22.6 Å². The molecule has 0 amide bonds. The second-order valence-corrected chi connectivity index (χ2v) is 6.42. The maximum atomic E-state index is 10.4. The van der Waals surface area contributed by atoms with Crippen LogP contribution >= 0.6 is 0 Å². The van der Waals surface area contributed by atoms with Crippen LogP contribution < -0.4 is 10.6 Å². The molecule has 6 heteroatoms. The van der Waals surface area contributed by atoms with E-state index in [1.807, 2.05) is 36.4 Å². The van der Waals surface area contributed by atoms with Crippen molar-refractivity contribution in [1.82, 2.24) is 10.6 Å². The molecule has 6 nitrogen and oxygen atoms in total. The van der Waals surface area contributed by atoms with Gasteiger partial charge in [0.1, 0.15) is 17.4 Å². The molecule has 0 radical (unpaired) electrons. The van der Waals surface area contributed by atoms with Gasteiger partial charge in [-0.2, -0.15) is 0 Å². The van der Waals surface area contributed by atoms with E-state index >= 15 is 0 Å². The molecular formula is C20H18N4O2. The standard InChI is InChI=1S/C20H18N4O2/c25-16-10-15(20-23-7-8-24-20)9-14-11-17(26-18(14)16)12-1-3-13(4-2-12)19-21-5-6-22-19/h1-4,9-11,25H,5-8H2,(H,21,22)(H,23,24). The van der Waals surface area contributed by atoms with Gasteiger partial charge in [0.2, 0.25) is 0 Å². The number of hydrogen-bond donors (Lipinski definition) is 3. The zero-order valence-electron chi connectivity index (χ0n) is 14.1. The predicted molar refractivity (Wildman–Crippen MR) is 102 cm³/mol. The van der Waals surface area contributed by atoms with Gasteiger partial charge in [0, 0.05) is 35.2 Å². The number of nitrogens with one attached hydrogen (secondary N) is 2. The van der Waals surface area contributed by atoms with Gasteiger partial charge in [-0.25, -0.2) is 0 Å². The summed E-state index contributed by atoms with van der Waals surface area (Å²) in [6, 6.07) is 13.7. The van der Waals surface area contributed by atoms with Gasteiger partial charge in [0.25, 0.3) is 0 Å². The highest BCUT2D eigenvalue weighted by atomic mass is 16.4. The Balaban J connectivity index is 1.52. The van der Waals surface area contributed by atoms with Crippen molar-refractivity contribution in [2.24, 2.45) is 9.98 Å². The summed E-state index contributed by atoms with van der Waals surface area (Å²) < 4.78 is 5.91. The minimum atomic E-state index is 0.126. The van der Waals surface area contributed by atoms with Gasteiger partial charge < -0.3 is 20.2 Å². The quantitative estimate of drug-likeness (QED) is 0.681. The normalized spacial score (nSPS) is 16.3. The largest absolute Gasteiger partial charge is 0.504 e. The number of phenols is 1. The van der Waals surface area contributed by atoms with Gasteiger partial charge in [-0.15, -0.1) is 0 Å². The van der Waals surface area contributed by atoms with Crippen LogP contribution in [0, 0.1) is 0 Å². The molecule has 0 bridgehead atoms. The van der Waals surface area contributed by atoms with E-state index in [0.717, 1.165) is 65.7 Å². The highest BCUT2D eigenvalue weighted by Gasteiger charge is 2.16. The predicted octanol–water partition coefficient (Wildman–Crippen LogP) is 2.50. The molecule has 0 unspecified atom stereocenters. The van der Waals surface area contributed by atoms with Crippen LogP contribution in [0.2, 0.25) is 0 Å². The van der Waals surface area contributed by atoms with Gasteiger partial charge in [-0.1, -0.05) is 24.3 Å². The van der Waals surface area contributed by atoms with Crippen LogP contribution in [0.4, 0.5) is 0 Å². The molecule has 0 spiro atoms. The summed E-state index contributed by atoms with van der Waals surface area (Å²) in [5.41, 5.74) is 3.40. The third-order valence-corrected chi connectivity index (χ3v) is 4.66. The van der Waals surface area contributed by atoms with Crippen molar-refractivity contribution in [2.75, 3.05) is 26.2 Å². The Morgan fingerprint density at radius 1 is 0.808 bits per heavy atom. The van der Waals surface area contributed by atoms with E-state index in [-0.39, 0.29) is 5.75 Å². The molecule has 130 valence electrons. The minimum Gasteiger partial charge on any atom is -0.504 e. The van der Waals surface area contributed by atoms with Crippen molar-refractivity contribution in [1.29, 1.82) is 0 Å². The summed E-state index contributed by atoms with van der Waals surface area (Å²) in [4.78, 5) is 8.85. The summed E-state index contributed by atoms with van der Waals surface area (Å²) in [5, 5.41) is 17.7. The van der Waals surface area contributed by atoms with Crippen molar-refractivity contribution in [3.63, 3.8) is 0 Å². The molecule has 3 N–H and O–H groups in total. The number of furan rings is 1. The van der Waals surface area contributed by atoms with E-state index in [0.29, 0.717) is 5.58 Å². The first-order valence-electron chi connectivity index (χ1n) is 8.72. The van der Waals surface area contributed by atoms with Gasteiger partial charge in [-0.3, -0.25) is 9.98 Å². The van der Waals surface area contributed by atoms with E-state index < -0.39 is 0 Å². The van der Waals surface area contributed by atoms with Gasteiger partial charge >= 0.3 is 0 Å². The second-order valence-electron chi connectivity index (χ2n) is 6.42. The maximum absolute atomic E-state index is 10.4.